The summed E-state index contributed by atoms with van der Waals surface area (Å²) in [7, 11) is 0. The summed E-state index contributed by atoms with van der Waals surface area (Å²) in [6.07, 6.45) is 1.11. The van der Waals surface area contributed by atoms with Gasteiger partial charge in [0.2, 0.25) is 0 Å². The monoisotopic (exact) mass is 223 g/mol. The fraction of sp³-hybridized carbons (Fsp3) is 0.538. The Bertz CT molecular complexity index is 315. The third-order valence-electron chi connectivity index (χ3n) is 2.55. The van der Waals surface area contributed by atoms with Crippen molar-refractivity contribution in [2.75, 3.05) is 6.61 Å². The highest BCUT2D eigenvalue weighted by Gasteiger charge is 2.15. The Labute approximate surface area is 97.2 Å². The zero-order valence-electron chi connectivity index (χ0n) is 10.0. The molecular weight excluding hydrogens is 202 g/mol. The third kappa shape index (κ3) is 3.51. The predicted molar refractivity (Wildman–Crippen MR) is 65.5 cm³/mol. The van der Waals surface area contributed by atoms with Crippen LogP contribution in [-0.4, -0.2) is 17.8 Å². The topological polar surface area (TPSA) is 55.5 Å². The lowest BCUT2D eigenvalue weighted by Gasteiger charge is -2.18. The van der Waals surface area contributed by atoms with Crippen LogP contribution in [0, 0.1) is 0 Å². The average Bonchev–Trinajstić information content (AvgIpc) is 2.34. The smallest absolute Gasteiger partial charge is 0.119 e. The van der Waals surface area contributed by atoms with Gasteiger partial charge in [-0.05, 0) is 30.5 Å². The predicted octanol–water partition coefficient (Wildman–Crippen LogP) is 2.25. The average molecular weight is 223 g/mol. The molecule has 0 heterocycles. The number of aliphatic hydroxyl groups is 1. The van der Waals surface area contributed by atoms with E-state index in [1.807, 2.05) is 31.2 Å². The molecule has 1 aromatic carbocycles. The van der Waals surface area contributed by atoms with Gasteiger partial charge in [-0.2, -0.15) is 0 Å². The standard InChI is InChI=1S/C13H21NO2/c1-3-8-16-11-7-5-6-10(9-11)13(15)12(14)4-2/h5-7,9,12-13,15H,3-4,8,14H2,1-2H3. The summed E-state index contributed by atoms with van der Waals surface area (Å²) < 4.78 is 5.51. The molecule has 1 aromatic rings. The van der Waals surface area contributed by atoms with E-state index in [1.54, 1.807) is 0 Å². The second kappa shape index (κ2) is 6.51. The van der Waals surface area contributed by atoms with Crippen molar-refractivity contribution in [3.8, 4) is 5.75 Å². The van der Waals surface area contributed by atoms with Gasteiger partial charge in [-0.3, -0.25) is 0 Å². The Morgan fingerprint density at radius 2 is 2.12 bits per heavy atom. The number of hydrogen-bond donors (Lipinski definition) is 2. The first kappa shape index (κ1) is 13.0. The highest BCUT2D eigenvalue weighted by atomic mass is 16.5. The number of rotatable bonds is 6. The first-order valence-electron chi connectivity index (χ1n) is 5.85. The molecule has 0 aliphatic heterocycles. The zero-order valence-corrected chi connectivity index (χ0v) is 10.0. The number of benzene rings is 1. The van der Waals surface area contributed by atoms with E-state index in [4.69, 9.17) is 10.5 Å². The second-order valence-corrected chi connectivity index (χ2v) is 3.94. The van der Waals surface area contributed by atoms with E-state index in [9.17, 15) is 5.11 Å². The van der Waals surface area contributed by atoms with Gasteiger partial charge in [0, 0.05) is 6.04 Å². The number of hydrogen-bond acceptors (Lipinski definition) is 3. The van der Waals surface area contributed by atoms with Gasteiger partial charge in [-0.15, -0.1) is 0 Å². The molecule has 0 amide bonds. The Morgan fingerprint density at radius 1 is 1.38 bits per heavy atom. The molecule has 0 spiro atoms. The van der Waals surface area contributed by atoms with Crippen LogP contribution in [0.5, 0.6) is 5.75 Å². The van der Waals surface area contributed by atoms with Gasteiger partial charge in [-0.25, -0.2) is 0 Å². The van der Waals surface area contributed by atoms with Crippen LogP contribution in [0.15, 0.2) is 24.3 Å². The van der Waals surface area contributed by atoms with Crippen molar-refractivity contribution in [1.29, 1.82) is 0 Å². The molecule has 3 heteroatoms. The van der Waals surface area contributed by atoms with E-state index >= 15 is 0 Å². The second-order valence-electron chi connectivity index (χ2n) is 3.94. The highest BCUT2D eigenvalue weighted by Crippen LogP contribution is 2.22. The van der Waals surface area contributed by atoms with E-state index < -0.39 is 6.10 Å². The molecule has 0 radical (unpaired) electrons. The first-order chi connectivity index (χ1) is 7.69. The summed E-state index contributed by atoms with van der Waals surface area (Å²) in [5.74, 6) is 0.793. The van der Waals surface area contributed by atoms with Crippen LogP contribution in [0.4, 0.5) is 0 Å². The van der Waals surface area contributed by atoms with Gasteiger partial charge in [0.15, 0.2) is 0 Å². The Hall–Kier alpha value is -1.06. The fourth-order valence-electron chi connectivity index (χ4n) is 1.48. The van der Waals surface area contributed by atoms with Crippen molar-refractivity contribution in [2.45, 2.75) is 38.8 Å². The van der Waals surface area contributed by atoms with E-state index in [-0.39, 0.29) is 6.04 Å². The van der Waals surface area contributed by atoms with Crippen LogP contribution >= 0.6 is 0 Å². The summed E-state index contributed by atoms with van der Waals surface area (Å²) in [5.41, 5.74) is 6.63. The molecule has 3 N–H and O–H groups in total. The molecule has 0 saturated heterocycles. The molecule has 16 heavy (non-hydrogen) atoms. The fourth-order valence-corrected chi connectivity index (χ4v) is 1.48. The number of aliphatic hydroxyl groups excluding tert-OH is 1. The maximum absolute atomic E-state index is 9.96. The normalized spacial score (nSPS) is 14.5. The van der Waals surface area contributed by atoms with Gasteiger partial charge in [0.25, 0.3) is 0 Å². The summed E-state index contributed by atoms with van der Waals surface area (Å²) >= 11 is 0. The summed E-state index contributed by atoms with van der Waals surface area (Å²) in [4.78, 5) is 0. The van der Waals surface area contributed by atoms with E-state index in [0.717, 1.165) is 24.2 Å². The lowest BCUT2D eigenvalue weighted by atomic mass is 10.0. The van der Waals surface area contributed by atoms with Crippen LogP contribution in [0.1, 0.15) is 38.4 Å². The van der Waals surface area contributed by atoms with Crippen molar-refractivity contribution in [3.63, 3.8) is 0 Å². The minimum absolute atomic E-state index is 0.221. The van der Waals surface area contributed by atoms with Crippen LogP contribution in [0.25, 0.3) is 0 Å². The quantitative estimate of drug-likeness (QED) is 0.777. The molecule has 1 rings (SSSR count). The van der Waals surface area contributed by atoms with Crippen molar-refractivity contribution in [2.24, 2.45) is 5.73 Å². The molecule has 2 unspecified atom stereocenters. The third-order valence-corrected chi connectivity index (χ3v) is 2.55. The van der Waals surface area contributed by atoms with Gasteiger partial charge >= 0.3 is 0 Å². The molecule has 0 aromatic heterocycles. The maximum atomic E-state index is 9.96. The van der Waals surface area contributed by atoms with Crippen molar-refractivity contribution < 1.29 is 9.84 Å². The van der Waals surface area contributed by atoms with Gasteiger partial charge in [0.05, 0.1) is 12.7 Å². The van der Waals surface area contributed by atoms with E-state index in [0.29, 0.717) is 6.61 Å². The SMILES string of the molecule is CCCOc1cccc(C(O)C(N)CC)c1. The van der Waals surface area contributed by atoms with Crippen LogP contribution in [0.2, 0.25) is 0 Å². The van der Waals surface area contributed by atoms with Crippen molar-refractivity contribution >= 4 is 0 Å². The first-order valence-corrected chi connectivity index (χ1v) is 5.85. The number of nitrogens with two attached hydrogens (primary N) is 1. The molecule has 0 aliphatic rings. The lowest BCUT2D eigenvalue weighted by molar-refractivity contribution is 0.144. The molecule has 2 atom stereocenters. The highest BCUT2D eigenvalue weighted by molar-refractivity contribution is 5.30. The Morgan fingerprint density at radius 3 is 2.75 bits per heavy atom. The van der Waals surface area contributed by atoms with Gasteiger partial charge in [-0.1, -0.05) is 26.0 Å². The Kier molecular flexibility index (Phi) is 5.29. The molecule has 0 saturated carbocycles. The number of ether oxygens (including phenoxy) is 1. The lowest BCUT2D eigenvalue weighted by Crippen LogP contribution is -2.27. The Balaban J connectivity index is 2.73. The van der Waals surface area contributed by atoms with Crippen molar-refractivity contribution in [1.82, 2.24) is 0 Å². The molecule has 0 aliphatic carbocycles. The molecule has 90 valence electrons. The molecule has 3 nitrogen and oxygen atoms in total. The molecular formula is C13H21NO2. The van der Waals surface area contributed by atoms with E-state index in [2.05, 4.69) is 6.92 Å². The minimum Gasteiger partial charge on any atom is -0.494 e. The minimum atomic E-state index is -0.616. The molecule has 0 bridgehead atoms. The van der Waals surface area contributed by atoms with Gasteiger partial charge < -0.3 is 15.6 Å². The van der Waals surface area contributed by atoms with E-state index in [1.165, 1.54) is 0 Å². The van der Waals surface area contributed by atoms with Crippen LogP contribution in [0.3, 0.4) is 0 Å². The maximum Gasteiger partial charge on any atom is 0.119 e. The summed E-state index contributed by atoms with van der Waals surface area (Å²) in [6, 6.07) is 7.28. The van der Waals surface area contributed by atoms with Gasteiger partial charge in [0.1, 0.15) is 5.75 Å². The summed E-state index contributed by atoms with van der Waals surface area (Å²) in [6.45, 7) is 4.72. The van der Waals surface area contributed by atoms with Crippen LogP contribution < -0.4 is 10.5 Å². The summed E-state index contributed by atoms with van der Waals surface area (Å²) in [5, 5.41) is 9.96. The largest absolute Gasteiger partial charge is 0.494 e. The van der Waals surface area contributed by atoms with Crippen molar-refractivity contribution in [3.05, 3.63) is 29.8 Å². The zero-order chi connectivity index (χ0) is 12.0. The molecule has 0 fully saturated rings. The van der Waals surface area contributed by atoms with Crippen LogP contribution in [-0.2, 0) is 0 Å².